The molecule has 0 fully saturated rings. The van der Waals surface area contributed by atoms with Crippen LogP contribution in [0.4, 0.5) is 15.5 Å². The molecule has 0 saturated carbocycles. The molecule has 9 heteroatoms. The summed E-state index contributed by atoms with van der Waals surface area (Å²) in [6.07, 6.45) is 6.85. The molecule has 2 amide bonds. The lowest BCUT2D eigenvalue weighted by Gasteiger charge is -2.22. The molecule has 36 heavy (non-hydrogen) atoms. The molecule has 4 N–H and O–H groups in total. The lowest BCUT2D eigenvalue weighted by molar-refractivity contribution is -0.111. The standard InChI is InChI=1S/C27H30N4O4S/c1-2-34-22-9-4-3-7-19(22)11-13-24(32)31-26-25(28)21-12-10-18(15-23(21)36-26)17-35-27(33)30-16-20-8-5-6-14-29-20/h3-9,11,13-14,18H,2,10,12,15-17,28H2,1H3,(H,30,33)(H,31,32)/b13-11+. The number of nitrogens with zero attached hydrogens (tertiary/aromatic N) is 1. The second kappa shape index (κ2) is 12.2. The van der Waals surface area contributed by atoms with Gasteiger partial charge in [-0.25, -0.2) is 4.79 Å². The zero-order valence-electron chi connectivity index (χ0n) is 20.2. The van der Waals surface area contributed by atoms with Crippen LogP contribution in [-0.4, -0.2) is 30.2 Å². The average Bonchev–Trinajstić information content (AvgIpc) is 3.20. The van der Waals surface area contributed by atoms with Gasteiger partial charge in [-0.3, -0.25) is 9.78 Å². The van der Waals surface area contributed by atoms with E-state index in [1.165, 1.54) is 17.4 Å². The van der Waals surface area contributed by atoms with Gasteiger partial charge >= 0.3 is 6.09 Å². The van der Waals surface area contributed by atoms with Crippen molar-refractivity contribution in [3.05, 3.63) is 76.4 Å². The molecule has 4 rings (SSSR count). The third-order valence-electron chi connectivity index (χ3n) is 5.87. The predicted molar refractivity (Wildman–Crippen MR) is 142 cm³/mol. The smallest absolute Gasteiger partial charge is 0.407 e. The first kappa shape index (κ1) is 25.2. The first-order chi connectivity index (χ1) is 17.5. The van der Waals surface area contributed by atoms with Crippen molar-refractivity contribution in [2.45, 2.75) is 32.7 Å². The molecule has 1 aliphatic carbocycles. The maximum atomic E-state index is 12.6. The van der Waals surface area contributed by atoms with Crippen molar-refractivity contribution in [1.82, 2.24) is 10.3 Å². The normalized spacial score (nSPS) is 14.8. The van der Waals surface area contributed by atoms with Crippen molar-refractivity contribution >= 4 is 40.1 Å². The van der Waals surface area contributed by atoms with Gasteiger partial charge in [-0.15, -0.1) is 11.3 Å². The van der Waals surface area contributed by atoms with Gasteiger partial charge in [-0.1, -0.05) is 24.3 Å². The maximum Gasteiger partial charge on any atom is 0.407 e. The summed E-state index contributed by atoms with van der Waals surface area (Å²) < 4.78 is 11.0. The Bertz CT molecular complexity index is 1230. The number of nitrogen functional groups attached to an aromatic ring is 1. The number of carbonyl (C=O) groups is 2. The topological polar surface area (TPSA) is 116 Å². The zero-order chi connectivity index (χ0) is 25.3. The van der Waals surface area contributed by atoms with Crippen LogP contribution in [0.5, 0.6) is 5.75 Å². The van der Waals surface area contributed by atoms with Crippen LogP contribution in [0.1, 0.15) is 35.0 Å². The molecule has 1 unspecified atom stereocenters. The minimum absolute atomic E-state index is 0.203. The molecule has 8 nitrogen and oxygen atoms in total. The second-order valence-electron chi connectivity index (χ2n) is 8.42. The van der Waals surface area contributed by atoms with Gasteiger partial charge in [0.25, 0.3) is 0 Å². The summed E-state index contributed by atoms with van der Waals surface area (Å²) >= 11 is 1.49. The number of fused-ring (bicyclic) bond motifs is 1. The molecule has 2 aromatic heterocycles. The van der Waals surface area contributed by atoms with Crippen LogP contribution in [0.2, 0.25) is 0 Å². The van der Waals surface area contributed by atoms with Gasteiger partial charge in [-0.2, -0.15) is 0 Å². The highest BCUT2D eigenvalue weighted by atomic mass is 32.1. The Morgan fingerprint density at radius 3 is 2.86 bits per heavy atom. The Kier molecular flexibility index (Phi) is 8.57. The average molecular weight is 507 g/mol. The van der Waals surface area contributed by atoms with Crippen molar-refractivity contribution in [2.75, 3.05) is 24.3 Å². The van der Waals surface area contributed by atoms with Gasteiger partial charge in [0, 0.05) is 22.7 Å². The van der Waals surface area contributed by atoms with E-state index < -0.39 is 6.09 Å². The monoisotopic (exact) mass is 506 g/mol. The van der Waals surface area contributed by atoms with Gasteiger partial charge in [0.15, 0.2) is 0 Å². The number of pyridine rings is 1. The van der Waals surface area contributed by atoms with Crippen molar-refractivity contribution in [3.63, 3.8) is 0 Å². The molecule has 0 bridgehead atoms. The van der Waals surface area contributed by atoms with Crippen molar-refractivity contribution in [1.29, 1.82) is 0 Å². The summed E-state index contributed by atoms with van der Waals surface area (Å²) in [4.78, 5) is 29.9. The van der Waals surface area contributed by atoms with Gasteiger partial charge in [-0.05, 0) is 61.9 Å². The van der Waals surface area contributed by atoms with Crippen LogP contribution in [0, 0.1) is 5.92 Å². The molecule has 1 aliphatic rings. The largest absolute Gasteiger partial charge is 0.493 e. The molecule has 0 radical (unpaired) electrons. The van der Waals surface area contributed by atoms with E-state index in [2.05, 4.69) is 15.6 Å². The van der Waals surface area contributed by atoms with E-state index in [0.717, 1.165) is 46.7 Å². The Morgan fingerprint density at radius 2 is 2.06 bits per heavy atom. The van der Waals surface area contributed by atoms with Gasteiger partial charge in [0.05, 0.1) is 31.1 Å². The van der Waals surface area contributed by atoms with Crippen LogP contribution in [0.3, 0.4) is 0 Å². The van der Waals surface area contributed by atoms with E-state index in [1.807, 2.05) is 49.4 Å². The molecule has 0 aliphatic heterocycles. The first-order valence-electron chi connectivity index (χ1n) is 11.9. The van der Waals surface area contributed by atoms with Crippen LogP contribution in [0.15, 0.2) is 54.7 Å². The van der Waals surface area contributed by atoms with E-state index >= 15 is 0 Å². The Balaban J connectivity index is 1.29. The molecular formula is C27H30N4O4S. The molecule has 188 valence electrons. The van der Waals surface area contributed by atoms with Crippen molar-refractivity contribution in [2.24, 2.45) is 5.92 Å². The van der Waals surface area contributed by atoms with Crippen LogP contribution in [-0.2, 0) is 28.9 Å². The molecular weight excluding hydrogens is 476 g/mol. The summed E-state index contributed by atoms with van der Waals surface area (Å²) in [6.45, 7) is 3.12. The summed E-state index contributed by atoms with van der Waals surface area (Å²) in [6, 6.07) is 13.1. The Morgan fingerprint density at radius 1 is 1.22 bits per heavy atom. The number of carbonyl (C=O) groups excluding carboxylic acids is 2. The molecule has 1 atom stereocenters. The summed E-state index contributed by atoms with van der Waals surface area (Å²) in [5, 5.41) is 6.29. The van der Waals surface area contributed by atoms with Crippen LogP contribution < -0.4 is 21.1 Å². The number of thiophene rings is 1. The minimum Gasteiger partial charge on any atom is -0.493 e. The highest BCUT2D eigenvalue weighted by Crippen LogP contribution is 2.41. The number of anilines is 2. The number of rotatable bonds is 9. The molecule has 0 spiro atoms. The lowest BCUT2D eigenvalue weighted by atomic mass is 9.89. The summed E-state index contributed by atoms with van der Waals surface area (Å²) in [5.41, 5.74) is 9.67. The third-order valence-corrected chi connectivity index (χ3v) is 7.05. The maximum absolute atomic E-state index is 12.6. The fraction of sp³-hybridized carbons (Fsp3) is 0.296. The minimum atomic E-state index is -0.456. The SMILES string of the molecule is CCOc1ccccc1/C=C/C(=O)Nc1sc2c(c1N)CCC(COC(=O)NCc1ccccn1)C2. The Labute approximate surface area is 214 Å². The number of hydrogen-bond donors (Lipinski definition) is 3. The zero-order valence-corrected chi connectivity index (χ0v) is 21.0. The summed E-state index contributed by atoms with van der Waals surface area (Å²) in [7, 11) is 0. The van der Waals surface area contributed by atoms with E-state index in [1.54, 1.807) is 12.3 Å². The number of alkyl carbamates (subject to hydrolysis) is 1. The van der Waals surface area contributed by atoms with Crippen molar-refractivity contribution < 1.29 is 19.1 Å². The fourth-order valence-corrected chi connectivity index (χ4v) is 5.33. The fourth-order valence-electron chi connectivity index (χ4n) is 4.05. The van der Waals surface area contributed by atoms with Gasteiger partial charge < -0.3 is 25.8 Å². The van der Waals surface area contributed by atoms with Gasteiger partial charge in [0.2, 0.25) is 5.91 Å². The first-order valence-corrected chi connectivity index (χ1v) is 12.8. The highest BCUT2D eigenvalue weighted by Gasteiger charge is 2.26. The van der Waals surface area contributed by atoms with Gasteiger partial charge in [0.1, 0.15) is 10.8 Å². The van der Waals surface area contributed by atoms with E-state index in [9.17, 15) is 9.59 Å². The number of amides is 2. The Hall–Kier alpha value is -3.85. The number of para-hydroxylation sites is 1. The quantitative estimate of drug-likeness (QED) is 0.359. The predicted octanol–water partition coefficient (Wildman–Crippen LogP) is 4.81. The van der Waals surface area contributed by atoms with Crippen LogP contribution >= 0.6 is 11.3 Å². The molecule has 0 saturated heterocycles. The number of ether oxygens (including phenoxy) is 2. The summed E-state index contributed by atoms with van der Waals surface area (Å²) in [5.74, 6) is 0.680. The second-order valence-corrected chi connectivity index (χ2v) is 9.53. The van der Waals surface area contributed by atoms with Crippen LogP contribution in [0.25, 0.3) is 6.08 Å². The third kappa shape index (κ3) is 6.63. The number of benzene rings is 1. The highest BCUT2D eigenvalue weighted by molar-refractivity contribution is 7.17. The molecule has 2 heterocycles. The molecule has 1 aromatic carbocycles. The number of nitrogens with one attached hydrogen (secondary N) is 2. The van der Waals surface area contributed by atoms with E-state index in [0.29, 0.717) is 30.4 Å². The lowest BCUT2D eigenvalue weighted by Crippen LogP contribution is -2.28. The van der Waals surface area contributed by atoms with E-state index in [4.69, 9.17) is 15.2 Å². The number of hydrogen-bond acceptors (Lipinski definition) is 7. The number of aromatic nitrogens is 1. The molecule has 3 aromatic rings. The van der Waals surface area contributed by atoms with Crippen molar-refractivity contribution in [3.8, 4) is 5.75 Å². The van der Waals surface area contributed by atoms with E-state index in [-0.39, 0.29) is 11.8 Å². The number of nitrogens with two attached hydrogens (primary N) is 1.